The standard InChI is InChI=1S/C18H15F2N3O3/c1-18(12-4-7-14(26-2)8-5-12)16(24)23(17(25)22-18)21-10-11-3-6-13(19)9-15(11)20/h3-10H,1-2H3,(H,22,25)/t18-/m1/s1. The Morgan fingerprint density at radius 2 is 1.85 bits per heavy atom. The van der Waals surface area contributed by atoms with E-state index >= 15 is 0 Å². The number of carbonyl (C=O) groups excluding carboxylic acids is 2. The van der Waals surface area contributed by atoms with Crippen LogP contribution in [-0.2, 0) is 10.3 Å². The number of halogens is 2. The van der Waals surface area contributed by atoms with Gasteiger partial charge >= 0.3 is 6.03 Å². The van der Waals surface area contributed by atoms with Gasteiger partial charge in [-0.15, -0.1) is 5.01 Å². The van der Waals surface area contributed by atoms with Crippen molar-refractivity contribution in [1.29, 1.82) is 0 Å². The Balaban J connectivity index is 1.87. The molecule has 2 aromatic rings. The summed E-state index contributed by atoms with van der Waals surface area (Å²) in [6.07, 6.45) is 0.992. The summed E-state index contributed by atoms with van der Waals surface area (Å²) in [7, 11) is 1.52. The Kier molecular flexibility index (Phi) is 4.41. The first-order valence-corrected chi connectivity index (χ1v) is 7.65. The number of benzene rings is 2. The zero-order chi connectivity index (χ0) is 18.9. The van der Waals surface area contributed by atoms with Gasteiger partial charge in [0.2, 0.25) is 0 Å². The summed E-state index contributed by atoms with van der Waals surface area (Å²) in [5.74, 6) is -1.59. The second kappa shape index (κ2) is 6.55. The number of carbonyl (C=O) groups is 2. The average Bonchev–Trinajstić information content (AvgIpc) is 2.84. The van der Waals surface area contributed by atoms with Crippen LogP contribution in [0.3, 0.4) is 0 Å². The molecule has 1 fully saturated rings. The molecule has 0 aliphatic carbocycles. The normalized spacial score (nSPS) is 19.9. The highest BCUT2D eigenvalue weighted by molar-refractivity contribution is 6.07. The fourth-order valence-electron chi connectivity index (χ4n) is 2.58. The van der Waals surface area contributed by atoms with Crippen LogP contribution in [0.2, 0.25) is 0 Å². The first kappa shape index (κ1) is 17.5. The van der Waals surface area contributed by atoms with Gasteiger partial charge in [-0.3, -0.25) is 4.79 Å². The Bertz CT molecular complexity index is 899. The molecule has 0 bridgehead atoms. The van der Waals surface area contributed by atoms with Crippen molar-refractivity contribution in [2.45, 2.75) is 12.5 Å². The number of methoxy groups -OCH3 is 1. The summed E-state index contributed by atoms with van der Waals surface area (Å²) in [5, 5.41) is 6.95. The van der Waals surface area contributed by atoms with Crippen LogP contribution in [0.1, 0.15) is 18.1 Å². The van der Waals surface area contributed by atoms with Crippen LogP contribution < -0.4 is 10.1 Å². The predicted octanol–water partition coefficient (Wildman–Crippen LogP) is 2.77. The Morgan fingerprint density at radius 1 is 1.15 bits per heavy atom. The van der Waals surface area contributed by atoms with Gasteiger partial charge < -0.3 is 10.1 Å². The van der Waals surface area contributed by atoms with Crippen LogP contribution in [0.4, 0.5) is 13.6 Å². The first-order valence-electron chi connectivity index (χ1n) is 7.65. The van der Waals surface area contributed by atoms with E-state index < -0.39 is 29.1 Å². The second-order valence-electron chi connectivity index (χ2n) is 5.81. The molecule has 0 aromatic heterocycles. The number of hydrazone groups is 1. The minimum atomic E-state index is -1.32. The minimum Gasteiger partial charge on any atom is -0.497 e. The van der Waals surface area contributed by atoms with E-state index in [1.165, 1.54) is 7.11 Å². The molecule has 8 heteroatoms. The molecule has 2 aromatic carbocycles. The van der Waals surface area contributed by atoms with Gasteiger partial charge in [0.05, 0.1) is 13.3 Å². The van der Waals surface area contributed by atoms with Gasteiger partial charge in [0.15, 0.2) is 0 Å². The van der Waals surface area contributed by atoms with Gasteiger partial charge in [0.1, 0.15) is 22.9 Å². The van der Waals surface area contributed by atoms with Crippen LogP contribution >= 0.6 is 0 Å². The Labute approximate surface area is 148 Å². The molecule has 3 amide bonds. The Morgan fingerprint density at radius 3 is 2.46 bits per heavy atom. The van der Waals surface area contributed by atoms with E-state index in [9.17, 15) is 18.4 Å². The number of rotatable bonds is 4. The van der Waals surface area contributed by atoms with Crippen LogP contribution in [0.15, 0.2) is 47.6 Å². The van der Waals surface area contributed by atoms with E-state index in [0.717, 1.165) is 18.3 Å². The van der Waals surface area contributed by atoms with Crippen molar-refractivity contribution in [2.75, 3.05) is 7.11 Å². The monoisotopic (exact) mass is 359 g/mol. The second-order valence-corrected chi connectivity index (χ2v) is 5.81. The number of urea groups is 1. The molecule has 0 radical (unpaired) electrons. The molecule has 1 N–H and O–H groups in total. The van der Waals surface area contributed by atoms with Crippen molar-refractivity contribution in [1.82, 2.24) is 10.3 Å². The zero-order valence-corrected chi connectivity index (χ0v) is 14.0. The maximum Gasteiger partial charge on any atom is 0.346 e. The molecule has 1 saturated heterocycles. The van der Waals surface area contributed by atoms with Gasteiger partial charge in [-0.05, 0) is 36.8 Å². The molecule has 0 saturated carbocycles. The summed E-state index contributed by atoms with van der Waals surface area (Å²) >= 11 is 0. The van der Waals surface area contributed by atoms with Crippen LogP contribution in [0, 0.1) is 11.6 Å². The molecule has 134 valence electrons. The molecule has 3 rings (SSSR count). The third-order valence-electron chi connectivity index (χ3n) is 4.11. The highest BCUT2D eigenvalue weighted by atomic mass is 19.1. The fourth-order valence-corrected chi connectivity index (χ4v) is 2.58. The molecule has 1 atom stereocenters. The fraction of sp³-hybridized carbons (Fsp3) is 0.167. The summed E-state index contributed by atoms with van der Waals surface area (Å²) in [5.41, 5.74) is -0.824. The largest absolute Gasteiger partial charge is 0.497 e. The lowest BCUT2D eigenvalue weighted by molar-refractivity contribution is -0.131. The molecule has 0 unspecified atom stereocenters. The van der Waals surface area contributed by atoms with E-state index in [2.05, 4.69) is 10.4 Å². The van der Waals surface area contributed by atoms with E-state index in [1.54, 1.807) is 31.2 Å². The van der Waals surface area contributed by atoms with E-state index in [-0.39, 0.29) is 5.56 Å². The quantitative estimate of drug-likeness (QED) is 0.674. The van der Waals surface area contributed by atoms with Gasteiger partial charge in [-0.25, -0.2) is 13.6 Å². The summed E-state index contributed by atoms with van der Waals surface area (Å²) in [6.45, 7) is 1.54. The predicted molar refractivity (Wildman–Crippen MR) is 89.7 cm³/mol. The lowest BCUT2D eigenvalue weighted by Crippen LogP contribution is -2.40. The molecule has 6 nitrogen and oxygen atoms in total. The number of amides is 3. The van der Waals surface area contributed by atoms with E-state index in [1.807, 2.05) is 0 Å². The number of ether oxygens (including phenoxy) is 1. The maximum atomic E-state index is 13.7. The van der Waals surface area contributed by atoms with Crippen LogP contribution in [-0.4, -0.2) is 30.3 Å². The van der Waals surface area contributed by atoms with E-state index in [4.69, 9.17) is 4.74 Å². The maximum absolute atomic E-state index is 13.7. The van der Waals surface area contributed by atoms with Gasteiger partial charge in [0, 0.05) is 11.6 Å². The number of nitrogens with zero attached hydrogens (tertiary/aromatic N) is 2. The number of hydrogen-bond acceptors (Lipinski definition) is 4. The first-order chi connectivity index (χ1) is 12.3. The molecular formula is C18H15F2N3O3. The minimum absolute atomic E-state index is 0.0509. The topological polar surface area (TPSA) is 71.0 Å². The highest BCUT2D eigenvalue weighted by Gasteiger charge is 2.49. The van der Waals surface area contributed by atoms with Gasteiger partial charge in [-0.2, -0.15) is 5.10 Å². The molecule has 1 heterocycles. The van der Waals surface area contributed by atoms with Crippen molar-refractivity contribution in [2.24, 2.45) is 5.10 Å². The number of imide groups is 1. The molecule has 0 spiro atoms. The highest BCUT2D eigenvalue weighted by Crippen LogP contribution is 2.30. The summed E-state index contributed by atoms with van der Waals surface area (Å²) in [4.78, 5) is 24.9. The number of nitrogens with one attached hydrogen (secondary N) is 1. The Hall–Kier alpha value is -3.29. The molecular weight excluding hydrogens is 344 g/mol. The average molecular weight is 359 g/mol. The summed E-state index contributed by atoms with van der Waals surface area (Å²) in [6, 6.07) is 8.81. The van der Waals surface area contributed by atoms with Gasteiger partial charge in [-0.1, -0.05) is 12.1 Å². The van der Waals surface area contributed by atoms with Crippen LogP contribution in [0.25, 0.3) is 0 Å². The molecule has 1 aliphatic rings. The third-order valence-corrected chi connectivity index (χ3v) is 4.11. The number of hydrogen-bond donors (Lipinski definition) is 1. The lowest BCUT2D eigenvalue weighted by Gasteiger charge is -2.21. The van der Waals surface area contributed by atoms with E-state index in [0.29, 0.717) is 22.4 Å². The third kappa shape index (κ3) is 3.01. The lowest BCUT2D eigenvalue weighted by atomic mass is 9.92. The smallest absolute Gasteiger partial charge is 0.346 e. The van der Waals surface area contributed by atoms with Crippen molar-refractivity contribution in [3.8, 4) is 5.75 Å². The molecule has 1 aliphatic heterocycles. The van der Waals surface area contributed by atoms with Gasteiger partial charge in [0.25, 0.3) is 5.91 Å². The zero-order valence-electron chi connectivity index (χ0n) is 14.0. The van der Waals surface area contributed by atoms with Crippen molar-refractivity contribution in [3.05, 3.63) is 65.2 Å². The van der Waals surface area contributed by atoms with Crippen molar-refractivity contribution in [3.63, 3.8) is 0 Å². The van der Waals surface area contributed by atoms with Crippen molar-refractivity contribution >= 4 is 18.2 Å². The molecule has 26 heavy (non-hydrogen) atoms. The SMILES string of the molecule is COc1ccc([C@@]2(C)NC(=O)N(N=Cc3ccc(F)cc3F)C2=O)cc1. The van der Waals surface area contributed by atoms with Crippen LogP contribution in [0.5, 0.6) is 5.75 Å². The van der Waals surface area contributed by atoms with Crippen molar-refractivity contribution < 1.29 is 23.1 Å². The summed E-state index contributed by atoms with van der Waals surface area (Å²) < 4.78 is 31.7.